The topological polar surface area (TPSA) is 99.1 Å². The minimum absolute atomic E-state index is 0.176. The average Bonchev–Trinajstić information content (AvgIpc) is 2.45. The molecule has 7 heteroatoms. The van der Waals surface area contributed by atoms with Crippen LogP contribution in [0.4, 0.5) is 0 Å². The lowest BCUT2D eigenvalue weighted by Gasteiger charge is -2.22. The second kappa shape index (κ2) is 5.82. The number of ether oxygens (including phenoxy) is 3. The largest absolute Gasteiger partial charge is 0.479 e. The molecule has 2 rings (SSSR count). The molecule has 7 nitrogen and oxygen atoms in total. The van der Waals surface area contributed by atoms with E-state index >= 15 is 0 Å². The summed E-state index contributed by atoms with van der Waals surface area (Å²) in [6.45, 7) is 1.39. The number of carbonyl (C=O) groups excluding carboxylic acids is 2. The molecule has 1 N–H and O–H groups in total. The number of methoxy groups -OCH3 is 1. The van der Waals surface area contributed by atoms with Crippen molar-refractivity contribution in [2.75, 3.05) is 7.11 Å². The van der Waals surface area contributed by atoms with Gasteiger partial charge in [0.05, 0.1) is 7.11 Å². The van der Waals surface area contributed by atoms with Crippen molar-refractivity contribution in [2.45, 2.75) is 19.4 Å². The molecule has 0 amide bonds. The van der Waals surface area contributed by atoms with Gasteiger partial charge in [-0.1, -0.05) is 6.07 Å². The lowest BCUT2D eigenvalue weighted by atomic mass is 9.96. The summed E-state index contributed by atoms with van der Waals surface area (Å²) in [7, 11) is 1.20. The summed E-state index contributed by atoms with van der Waals surface area (Å²) in [4.78, 5) is 33.9. The van der Waals surface area contributed by atoms with E-state index in [1.54, 1.807) is 12.1 Å². The van der Waals surface area contributed by atoms with Gasteiger partial charge in [-0.2, -0.15) is 0 Å². The number of hydrogen-bond donors (Lipinski definition) is 1. The predicted molar refractivity (Wildman–Crippen MR) is 69.0 cm³/mol. The number of hydrogen-bond acceptors (Lipinski definition) is 6. The molecule has 0 aliphatic carbocycles. The maximum Gasteiger partial charge on any atom is 0.344 e. The van der Waals surface area contributed by atoms with Gasteiger partial charge in [-0.25, -0.2) is 4.79 Å². The molecule has 1 aromatic rings. The first-order chi connectivity index (χ1) is 9.92. The van der Waals surface area contributed by atoms with Crippen molar-refractivity contribution < 1.29 is 33.7 Å². The summed E-state index contributed by atoms with van der Waals surface area (Å²) in [5, 5.41) is 8.79. The van der Waals surface area contributed by atoms with E-state index in [1.165, 1.54) is 20.1 Å². The molecule has 1 aromatic carbocycles. The Morgan fingerprint density at radius 2 is 2.14 bits per heavy atom. The van der Waals surface area contributed by atoms with Crippen molar-refractivity contribution in [1.29, 1.82) is 0 Å². The molecule has 0 saturated heterocycles. The highest BCUT2D eigenvalue weighted by atomic mass is 16.6. The molecule has 1 heterocycles. The maximum atomic E-state index is 11.7. The number of carbonyl (C=O) groups is 3. The molecule has 1 aliphatic heterocycles. The third kappa shape index (κ3) is 3.13. The van der Waals surface area contributed by atoms with Crippen LogP contribution in [0, 0.1) is 5.92 Å². The standard InChI is InChI=1S/C14H14O7/c1-7(12(15)16)20-9-4-3-8-5-10(13(17)19-2)14(18)21-11(8)6-9/h3-4,6-7,10H,5H2,1-2H3,(H,15,16)/t7-,10?/m1/s1. The Hall–Kier alpha value is -2.57. The van der Waals surface area contributed by atoms with Crippen LogP contribution in [-0.2, 0) is 25.5 Å². The summed E-state index contributed by atoms with van der Waals surface area (Å²) >= 11 is 0. The van der Waals surface area contributed by atoms with Crippen LogP contribution in [0.2, 0.25) is 0 Å². The monoisotopic (exact) mass is 294 g/mol. The fraction of sp³-hybridized carbons (Fsp3) is 0.357. The van der Waals surface area contributed by atoms with Crippen molar-refractivity contribution >= 4 is 17.9 Å². The molecular formula is C14H14O7. The van der Waals surface area contributed by atoms with Crippen LogP contribution in [0.1, 0.15) is 12.5 Å². The van der Waals surface area contributed by atoms with E-state index in [-0.39, 0.29) is 17.9 Å². The SMILES string of the molecule is COC(=O)C1Cc2ccc(O[C@H](C)C(=O)O)cc2OC1=O. The summed E-state index contributed by atoms with van der Waals surface area (Å²) < 4.78 is 14.8. The average molecular weight is 294 g/mol. The minimum atomic E-state index is -1.10. The number of benzene rings is 1. The van der Waals surface area contributed by atoms with E-state index < -0.39 is 29.9 Å². The van der Waals surface area contributed by atoms with Crippen LogP contribution in [0.25, 0.3) is 0 Å². The zero-order valence-electron chi connectivity index (χ0n) is 11.5. The zero-order valence-corrected chi connectivity index (χ0v) is 11.5. The lowest BCUT2D eigenvalue weighted by Crippen LogP contribution is -2.34. The number of carboxylic acids is 1. The van der Waals surface area contributed by atoms with E-state index in [0.29, 0.717) is 5.56 Å². The highest BCUT2D eigenvalue weighted by Crippen LogP contribution is 2.32. The number of carboxylic acid groups (broad SMARTS) is 1. The van der Waals surface area contributed by atoms with Crippen molar-refractivity contribution in [2.24, 2.45) is 5.92 Å². The smallest absolute Gasteiger partial charge is 0.344 e. The lowest BCUT2D eigenvalue weighted by molar-refractivity contribution is -0.156. The molecule has 112 valence electrons. The quantitative estimate of drug-likeness (QED) is 0.498. The summed E-state index contributed by atoms with van der Waals surface area (Å²) in [6.07, 6.45) is -0.847. The molecule has 0 fully saturated rings. The number of rotatable bonds is 4. The molecule has 2 atom stereocenters. The van der Waals surface area contributed by atoms with E-state index in [2.05, 4.69) is 4.74 Å². The van der Waals surface area contributed by atoms with Crippen molar-refractivity contribution in [3.05, 3.63) is 23.8 Å². The Morgan fingerprint density at radius 3 is 2.76 bits per heavy atom. The van der Waals surface area contributed by atoms with Crippen LogP contribution in [0.5, 0.6) is 11.5 Å². The Bertz CT molecular complexity index is 593. The Morgan fingerprint density at radius 1 is 1.43 bits per heavy atom. The second-order valence-corrected chi connectivity index (χ2v) is 4.57. The van der Waals surface area contributed by atoms with Crippen LogP contribution < -0.4 is 9.47 Å². The first kappa shape index (κ1) is 14.8. The van der Waals surface area contributed by atoms with Crippen molar-refractivity contribution in [3.63, 3.8) is 0 Å². The van der Waals surface area contributed by atoms with Gasteiger partial charge in [-0.15, -0.1) is 0 Å². The fourth-order valence-corrected chi connectivity index (χ4v) is 1.93. The van der Waals surface area contributed by atoms with E-state index in [9.17, 15) is 14.4 Å². The molecule has 1 aliphatic rings. The maximum absolute atomic E-state index is 11.7. The number of fused-ring (bicyclic) bond motifs is 1. The van der Waals surface area contributed by atoms with Crippen LogP contribution in [-0.4, -0.2) is 36.2 Å². The van der Waals surface area contributed by atoms with E-state index in [4.69, 9.17) is 14.6 Å². The molecule has 0 radical (unpaired) electrons. The third-order valence-electron chi connectivity index (χ3n) is 3.10. The number of aliphatic carboxylic acids is 1. The van der Waals surface area contributed by atoms with E-state index in [1.807, 2.05) is 0 Å². The molecule has 0 bridgehead atoms. The molecule has 1 unspecified atom stereocenters. The van der Waals surface area contributed by atoms with Crippen LogP contribution in [0.3, 0.4) is 0 Å². The normalized spacial score (nSPS) is 18.2. The van der Waals surface area contributed by atoms with Gasteiger partial charge in [-0.3, -0.25) is 9.59 Å². The summed E-state index contributed by atoms with van der Waals surface area (Å²) in [5.74, 6) is -2.89. The molecular weight excluding hydrogens is 280 g/mol. The van der Waals surface area contributed by atoms with Gasteiger partial charge in [0.25, 0.3) is 0 Å². The van der Waals surface area contributed by atoms with Crippen LogP contribution in [0.15, 0.2) is 18.2 Å². The molecule has 21 heavy (non-hydrogen) atoms. The minimum Gasteiger partial charge on any atom is -0.479 e. The van der Waals surface area contributed by atoms with Gasteiger partial charge < -0.3 is 19.3 Å². The van der Waals surface area contributed by atoms with Crippen molar-refractivity contribution in [1.82, 2.24) is 0 Å². The first-order valence-corrected chi connectivity index (χ1v) is 6.24. The second-order valence-electron chi connectivity index (χ2n) is 4.57. The predicted octanol–water partition coefficient (Wildman–Crippen LogP) is 0.789. The molecule has 0 spiro atoms. The van der Waals surface area contributed by atoms with Gasteiger partial charge in [0.2, 0.25) is 0 Å². The van der Waals surface area contributed by atoms with E-state index in [0.717, 1.165) is 0 Å². The zero-order chi connectivity index (χ0) is 15.6. The van der Waals surface area contributed by atoms with Crippen molar-refractivity contribution in [3.8, 4) is 11.5 Å². The fourth-order valence-electron chi connectivity index (χ4n) is 1.93. The first-order valence-electron chi connectivity index (χ1n) is 6.24. The van der Waals surface area contributed by atoms with Gasteiger partial charge >= 0.3 is 17.9 Å². The highest BCUT2D eigenvalue weighted by Gasteiger charge is 2.35. The Kier molecular flexibility index (Phi) is 4.11. The summed E-state index contributed by atoms with van der Waals surface area (Å²) in [6, 6.07) is 4.62. The third-order valence-corrected chi connectivity index (χ3v) is 3.10. The van der Waals surface area contributed by atoms with Crippen LogP contribution >= 0.6 is 0 Å². The number of esters is 2. The Balaban J connectivity index is 2.20. The summed E-state index contributed by atoms with van der Waals surface area (Å²) in [5.41, 5.74) is 0.653. The van der Waals surface area contributed by atoms with Gasteiger partial charge in [0.1, 0.15) is 11.5 Å². The molecule has 0 aromatic heterocycles. The highest BCUT2D eigenvalue weighted by molar-refractivity contribution is 5.97. The van der Waals surface area contributed by atoms with Gasteiger partial charge in [-0.05, 0) is 18.6 Å². The Labute approximate surface area is 120 Å². The molecule has 0 saturated carbocycles. The van der Waals surface area contributed by atoms with Gasteiger partial charge in [0.15, 0.2) is 12.0 Å². The van der Waals surface area contributed by atoms with Gasteiger partial charge in [0, 0.05) is 12.5 Å².